The van der Waals surface area contributed by atoms with E-state index in [1.807, 2.05) is 24.3 Å². The van der Waals surface area contributed by atoms with Crippen molar-refractivity contribution in [2.75, 3.05) is 5.32 Å². The molecule has 0 saturated heterocycles. The number of amides is 1. The predicted molar refractivity (Wildman–Crippen MR) is 113 cm³/mol. The van der Waals surface area contributed by atoms with Crippen LogP contribution in [0.15, 0.2) is 65.2 Å². The molecule has 0 aliphatic heterocycles. The normalized spacial score (nSPS) is 10.9. The van der Waals surface area contributed by atoms with Crippen molar-refractivity contribution in [3.05, 3.63) is 93.4 Å². The number of hydrogen-bond acceptors (Lipinski definition) is 4. The molecule has 0 spiro atoms. The van der Waals surface area contributed by atoms with Crippen molar-refractivity contribution in [1.29, 1.82) is 0 Å². The van der Waals surface area contributed by atoms with Crippen LogP contribution >= 0.6 is 22.9 Å². The Labute approximate surface area is 176 Å². The van der Waals surface area contributed by atoms with Crippen molar-refractivity contribution in [2.24, 2.45) is 0 Å². The van der Waals surface area contributed by atoms with Crippen LogP contribution in [0, 0.1) is 12.7 Å². The Kier molecular flexibility index (Phi) is 5.47. The van der Waals surface area contributed by atoms with E-state index in [1.54, 1.807) is 31.3 Å². The second kappa shape index (κ2) is 8.19. The lowest BCUT2D eigenvalue weighted by atomic mass is 10.1. The Morgan fingerprint density at radius 3 is 2.76 bits per heavy atom. The van der Waals surface area contributed by atoms with Gasteiger partial charge in [0.05, 0.1) is 5.56 Å². The monoisotopic (exact) mass is 426 g/mol. The highest BCUT2D eigenvalue weighted by Crippen LogP contribution is 2.27. The first-order valence-corrected chi connectivity index (χ1v) is 10.0. The van der Waals surface area contributed by atoms with E-state index in [9.17, 15) is 9.18 Å². The average Bonchev–Trinajstić information content (AvgIpc) is 3.29. The highest BCUT2D eigenvalue weighted by molar-refractivity contribution is 7.15. The quantitative estimate of drug-likeness (QED) is 0.404. The van der Waals surface area contributed by atoms with Crippen molar-refractivity contribution in [1.82, 2.24) is 4.98 Å². The minimum Gasteiger partial charge on any atom is -0.461 e. The fraction of sp³-hybridized carbons (Fsp3) is 0.0909. The number of nitrogens with one attached hydrogen (secondary N) is 1. The number of aryl methyl sites for hydroxylation is 1. The molecule has 2 heterocycles. The van der Waals surface area contributed by atoms with E-state index in [-0.39, 0.29) is 11.7 Å². The van der Waals surface area contributed by atoms with Gasteiger partial charge in [-0.05, 0) is 55.0 Å². The number of rotatable bonds is 5. The van der Waals surface area contributed by atoms with Gasteiger partial charge in [0.25, 0.3) is 5.91 Å². The fourth-order valence-corrected chi connectivity index (χ4v) is 3.98. The third-order valence-corrected chi connectivity index (χ3v) is 5.48. The number of anilines is 1. The molecule has 0 radical (unpaired) electrons. The molecule has 0 saturated carbocycles. The molecule has 0 aliphatic carbocycles. The number of thiazole rings is 1. The summed E-state index contributed by atoms with van der Waals surface area (Å²) in [5, 5.41) is 4.01. The van der Waals surface area contributed by atoms with Gasteiger partial charge in [0, 0.05) is 28.1 Å². The minimum atomic E-state index is -0.327. The first kappa shape index (κ1) is 19.4. The molecule has 4 rings (SSSR count). The van der Waals surface area contributed by atoms with Crippen LogP contribution in [0.1, 0.15) is 26.6 Å². The van der Waals surface area contributed by atoms with Crippen LogP contribution in [-0.4, -0.2) is 10.9 Å². The highest BCUT2D eigenvalue weighted by Gasteiger charge is 2.17. The van der Waals surface area contributed by atoms with Crippen molar-refractivity contribution in [2.45, 2.75) is 13.3 Å². The molecular weight excluding hydrogens is 411 g/mol. The Morgan fingerprint density at radius 2 is 2.00 bits per heavy atom. The number of furan rings is 1. The molecule has 0 bridgehead atoms. The molecule has 1 N–H and O–H groups in total. The second-order valence-corrected chi connectivity index (χ2v) is 8.03. The zero-order chi connectivity index (χ0) is 20.4. The van der Waals surface area contributed by atoms with Gasteiger partial charge in [0.15, 0.2) is 5.13 Å². The standard InChI is InChI=1S/C22H16ClFN2O2S/c1-13-19(11-20(28-13)15-5-7-17(24)8-6-15)21(27)26-22-25-12-18(29-22)10-14-3-2-4-16(23)9-14/h2-9,11-12H,10H2,1H3,(H,25,26,27). The first-order valence-electron chi connectivity index (χ1n) is 8.85. The molecule has 4 nitrogen and oxygen atoms in total. The van der Waals surface area contributed by atoms with Gasteiger partial charge in [-0.3, -0.25) is 10.1 Å². The first-order chi connectivity index (χ1) is 14.0. The van der Waals surface area contributed by atoms with E-state index in [0.29, 0.717) is 39.2 Å². The zero-order valence-corrected chi connectivity index (χ0v) is 17.0. The number of hydrogen-bond donors (Lipinski definition) is 1. The van der Waals surface area contributed by atoms with E-state index >= 15 is 0 Å². The number of benzene rings is 2. The lowest BCUT2D eigenvalue weighted by molar-refractivity contribution is 0.102. The molecule has 0 fully saturated rings. The molecule has 4 aromatic rings. The molecule has 2 aromatic heterocycles. The van der Waals surface area contributed by atoms with E-state index in [0.717, 1.165) is 10.4 Å². The Morgan fingerprint density at radius 1 is 1.21 bits per heavy atom. The molecule has 0 atom stereocenters. The summed E-state index contributed by atoms with van der Waals surface area (Å²) in [5.41, 5.74) is 2.19. The largest absolute Gasteiger partial charge is 0.461 e. The van der Waals surface area contributed by atoms with Gasteiger partial charge >= 0.3 is 0 Å². The van der Waals surface area contributed by atoms with E-state index < -0.39 is 0 Å². The smallest absolute Gasteiger partial charge is 0.261 e. The summed E-state index contributed by atoms with van der Waals surface area (Å²) in [6.07, 6.45) is 2.43. The van der Waals surface area contributed by atoms with Crippen LogP contribution in [0.4, 0.5) is 9.52 Å². The maximum atomic E-state index is 13.1. The molecule has 1 amide bonds. The van der Waals surface area contributed by atoms with Gasteiger partial charge in [-0.1, -0.05) is 23.7 Å². The average molecular weight is 427 g/mol. The molecule has 0 unspecified atom stereocenters. The van der Waals surface area contributed by atoms with Gasteiger partial charge in [0.2, 0.25) is 0 Å². The number of nitrogens with zero attached hydrogens (tertiary/aromatic N) is 1. The summed E-state index contributed by atoms with van der Waals surface area (Å²) in [4.78, 5) is 18.0. The third kappa shape index (κ3) is 4.55. The van der Waals surface area contributed by atoms with Crippen LogP contribution in [0.2, 0.25) is 5.02 Å². The minimum absolute atomic E-state index is 0.303. The summed E-state index contributed by atoms with van der Waals surface area (Å²) < 4.78 is 18.8. The van der Waals surface area contributed by atoms with Gasteiger partial charge in [-0.15, -0.1) is 11.3 Å². The van der Waals surface area contributed by atoms with Crippen molar-refractivity contribution >= 4 is 34.0 Å². The van der Waals surface area contributed by atoms with Gasteiger partial charge in [0.1, 0.15) is 17.3 Å². The molecular formula is C22H16ClFN2O2S. The van der Waals surface area contributed by atoms with E-state index in [2.05, 4.69) is 10.3 Å². The van der Waals surface area contributed by atoms with Crippen LogP contribution in [0.5, 0.6) is 0 Å². The summed E-state index contributed by atoms with van der Waals surface area (Å²) >= 11 is 7.43. The topological polar surface area (TPSA) is 55.1 Å². The number of halogens is 2. The van der Waals surface area contributed by atoms with Gasteiger partial charge < -0.3 is 4.42 Å². The Bertz CT molecular complexity index is 1170. The molecule has 2 aromatic carbocycles. The van der Waals surface area contributed by atoms with Crippen LogP contribution in [-0.2, 0) is 6.42 Å². The van der Waals surface area contributed by atoms with Gasteiger partial charge in [-0.2, -0.15) is 0 Å². The summed E-state index contributed by atoms with van der Waals surface area (Å²) in [7, 11) is 0. The maximum absolute atomic E-state index is 13.1. The van der Waals surface area contributed by atoms with Crippen molar-refractivity contribution < 1.29 is 13.6 Å². The summed E-state index contributed by atoms with van der Waals surface area (Å²) in [6.45, 7) is 1.72. The van der Waals surface area contributed by atoms with Crippen LogP contribution in [0.25, 0.3) is 11.3 Å². The lowest BCUT2D eigenvalue weighted by Gasteiger charge is -2.00. The van der Waals surface area contributed by atoms with Gasteiger partial charge in [-0.25, -0.2) is 9.37 Å². The lowest BCUT2D eigenvalue weighted by Crippen LogP contribution is -2.11. The highest BCUT2D eigenvalue weighted by atomic mass is 35.5. The summed E-state index contributed by atoms with van der Waals surface area (Å²) in [6, 6.07) is 15.2. The second-order valence-electron chi connectivity index (χ2n) is 6.48. The van der Waals surface area contributed by atoms with Crippen molar-refractivity contribution in [3.8, 4) is 11.3 Å². The predicted octanol–water partition coefficient (Wildman–Crippen LogP) is 6.35. The van der Waals surface area contributed by atoms with E-state index in [4.69, 9.17) is 16.0 Å². The van der Waals surface area contributed by atoms with E-state index in [1.165, 1.54) is 23.5 Å². The van der Waals surface area contributed by atoms with Crippen LogP contribution < -0.4 is 5.32 Å². The third-order valence-electron chi connectivity index (χ3n) is 4.33. The molecule has 29 heavy (non-hydrogen) atoms. The Hall–Kier alpha value is -2.96. The fourth-order valence-electron chi connectivity index (χ4n) is 2.92. The zero-order valence-electron chi connectivity index (χ0n) is 15.4. The molecule has 146 valence electrons. The van der Waals surface area contributed by atoms with Crippen molar-refractivity contribution in [3.63, 3.8) is 0 Å². The summed E-state index contributed by atoms with van der Waals surface area (Å²) in [5.74, 6) is 0.363. The number of aromatic nitrogens is 1. The number of carbonyl (C=O) groups excluding carboxylic acids is 1. The maximum Gasteiger partial charge on any atom is 0.261 e. The number of carbonyl (C=O) groups is 1. The molecule has 0 aliphatic rings. The SMILES string of the molecule is Cc1oc(-c2ccc(F)cc2)cc1C(=O)Nc1ncc(Cc2cccc(Cl)c2)s1. The van der Waals surface area contributed by atoms with Crippen LogP contribution in [0.3, 0.4) is 0 Å². The Balaban J connectivity index is 1.47. The molecule has 7 heteroatoms.